The summed E-state index contributed by atoms with van der Waals surface area (Å²) in [5, 5.41) is 15.1. The maximum atomic E-state index is 12.4. The lowest BCUT2D eigenvalue weighted by Crippen LogP contribution is -2.28. The second-order valence-corrected chi connectivity index (χ2v) is 6.02. The Balaban J connectivity index is 1.53. The van der Waals surface area contributed by atoms with E-state index in [4.69, 9.17) is 9.47 Å². The quantitative estimate of drug-likeness (QED) is 0.573. The monoisotopic (exact) mass is 388 g/mol. The summed E-state index contributed by atoms with van der Waals surface area (Å²) < 4.78 is 10.7. The molecular weight excluding hydrogens is 368 g/mol. The zero-order valence-electron chi connectivity index (χ0n) is 15.9. The van der Waals surface area contributed by atoms with Crippen molar-refractivity contribution in [2.45, 2.75) is 0 Å². The van der Waals surface area contributed by atoms with Gasteiger partial charge in [-0.15, -0.1) is 0 Å². The van der Waals surface area contributed by atoms with Crippen LogP contribution in [-0.4, -0.2) is 31.2 Å². The van der Waals surface area contributed by atoms with Crippen LogP contribution in [0.4, 0.5) is 11.4 Å². The number of methoxy groups -OCH3 is 1. The summed E-state index contributed by atoms with van der Waals surface area (Å²) in [7, 11) is 1.60. The normalized spacial score (nSPS) is 9.93. The zero-order chi connectivity index (χ0) is 20.5. The number of amides is 1. The lowest BCUT2D eigenvalue weighted by Gasteiger charge is -2.10. The Labute approximate surface area is 168 Å². The van der Waals surface area contributed by atoms with Gasteiger partial charge >= 0.3 is 0 Å². The SMILES string of the molecule is COc1ccc(OCCNC(=O)c2cncc(Nc3ccccc3C#N)c2)cc1. The predicted octanol–water partition coefficient (Wildman–Crippen LogP) is 3.51. The number of pyridine rings is 1. The van der Waals surface area contributed by atoms with Crippen molar-refractivity contribution in [3.05, 3.63) is 78.1 Å². The fourth-order valence-corrected chi connectivity index (χ4v) is 2.59. The molecule has 0 saturated carbocycles. The fraction of sp³-hybridized carbons (Fsp3) is 0.136. The second kappa shape index (κ2) is 9.76. The average molecular weight is 388 g/mol. The number of anilines is 2. The number of hydrogen-bond acceptors (Lipinski definition) is 6. The summed E-state index contributed by atoms with van der Waals surface area (Å²) in [6, 6.07) is 18.2. The van der Waals surface area contributed by atoms with E-state index in [1.807, 2.05) is 18.2 Å². The lowest BCUT2D eigenvalue weighted by atomic mass is 10.2. The molecular formula is C22H20N4O3. The van der Waals surface area contributed by atoms with Crippen LogP contribution in [0.1, 0.15) is 15.9 Å². The third kappa shape index (κ3) is 5.47. The number of carbonyl (C=O) groups is 1. The summed E-state index contributed by atoms with van der Waals surface area (Å²) >= 11 is 0. The Bertz CT molecular complexity index is 1010. The van der Waals surface area contributed by atoms with Crippen LogP contribution in [0.5, 0.6) is 11.5 Å². The second-order valence-electron chi connectivity index (χ2n) is 6.02. The number of nitrogens with one attached hydrogen (secondary N) is 2. The van der Waals surface area contributed by atoms with Crippen molar-refractivity contribution in [2.24, 2.45) is 0 Å². The maximum Gasteiger partial charge on any atom is 0.253 e. The highest BCUT2D eigenvalue weighted by Crippen LogP contribution is 2.20. The molecule has 3 aromatic rings. The minimum absolute atomic E-state index is 0.256. The molecule has 0 spiro atoms. The minimum Gasteiger partial charge on any atom is -0.497 e. The van der Waals surface area contributed by atoms with Crippen LogP contribution in [0, 0.1) is 11.3 Å². The van der Waals surface area contributed by atoms with E-state index in [0.29, 0.717) is 41.4 Å². The average Bonchev–Trinajstić information content (AvgIpc) is 2.77. The van der Waals surface area contributed by atoms with Crippen LogP contribution < -0.4 is 20.1 Å². The molecule has 2 aromatic carbocycles. The van der Waals surface area contributed by atoms with Gasteiger partial charge in [0.25, 0.3) is 5.91 Å². The van der Waals surface area contributed by atoms with Gasteiger partial charge in [-0.2, -0.15) is 5.26 Å². The Morgan fingerprint density at radius 1 is 1.10 bits per heavy atom. The van der Waals surface area contributed by atoms with Crippen molar-refractivity contribution in [1.29, 1.82) is 5.26 Å². The van der Waals surface area contributed by atoms with E-state index in [0.717, 1.165) is 5.75 Å². The number of ether oxygens (including phenoxy) is 2. The number of carbonyl (C=O) groups excluding carboxylic acids is 1. The van der Waals surface area contributed by atoms with Crippen molar-refractivity contribution in [3.8, 4) is 17.6 Å². The minimum atomic E-state index is -0.256. The number of nitriles is 1. The number of aromatic nitrogens is 1. The van der Waals surface area contributed by atoms with Crippen molar-refractivity contribution in [1.82, 2.24) is 10.3 Å². The number of hydrogen-bond donors (Lipinski definition) is 2. The van der Waals surface area contributed by atoms with Gasteiger partial charge in [0, 0.05) is 6.20 Å². The van der Waals surface area contributed by atoms with E-state index >= 15 is 0 Å². The van der Waals surface area contributed by atoms with Crippen molar-refractivity contribution in [3.63, 3.8) is 0 Å². The standard InChI is InChI=1S/C22H20N4O3/c1-28-19-6-8-20(9-7-19)29-11-10-25-22(27)17-12-18(15-24-14-17)26-21-5-3-2-4-16(21)13-23/h2-9,12,14-15,26H,10-11H2,1H3,(H,25,27). The van der Waals surface area contributed by atoms with Crippen LogP contribution in [0.2, 0.25) is 0 Å². The molecule has 1 amide bonds. The molecule has 0 saturated heterocycles. The van der Waals surface area contributed by atoms with Gasteiger partial charge in [0.1, 0.15) is 24.2 Å². The van der Waals surface area contributed by atoms with Crippen LogP contribution in [-0.2, 0) is 0 Å². The molecule has 29 heavy (non-hydrogen) atoms. The number of nitrogens with zero attached hydrogens (tertiary/aromatic N) is 2. The molecule has 0 atom stereocenters. The third-order valence-electron chi connectivity index (χ3n) is 4.04. The fourth-order valence-electron chi connectivity index (χ4n) is 2.59. The molecule has 7 heteroatoms. The molecule has 0 bridgehead atoms. The van der Waals surface area contributed by atoms with Crippen LogP contribution in [0.25, 0.3) is 0 Å². The predicted molar refractivity (Wildman–Crippen MR) is 109 cm³/mol. The van der Waals surface area contributed by atoms with E-state index in [2.05, 4.69) is 21.7 Å². The van der Waals surface area contributed by atoms with Gasteiger partial charge in [0.15, 0.2) is 0 Å². The van der Waals surface area contributed by atoms with E-state index in [9.17, 15) is 10.1 Å². The molecule has 2 N–H and O–H groups in total. The Hall–Kier alpha value is -4.05. The van der Waals surface area contributed by atoms with Crippen LogP contribution in [0.15, 0.2) is 67.0 Å². The number of rotatable bonds is 8. The molecule has 3 rings (SSSR count). The third-order valence-corrected chi connectivity index (χ3v) is 4.04. The smallest absolute Gasteiger partial charge is 0.253 e. The highest BCUT2D eigenvalue weighted by molar-refractivity contribution is 5.94. The van der Waals surface area contributed by atoms with Gasteiger partial charge in [-0.05, 0) is 42.5 Å². The molecule has 146 valence electrons. The maximum absolute atomic E-state index is 12.4. The van der Waals surface area contributed by atoms with Gasteiger partial charge < -0.3 is 20.1 Å². The van der Waals surface area contributed by atoms with Gasteiger partial charge in [-0.25, -0.2) is 0 Å². The molecule has 0 unspecified atom stereocenters. The highest BCUT2D eigenvalue weighted by atomic mass is 16.5. The van der Waals surface area contributed by atoms with Gasteiger partial charge in [-0.1, -0.05) is 12.1 Å². The molecule has 0 aliphatic carbocycles. The molecule has 1 heterocycles. The largest absolute Gasteiger partial charge is 0.497 e. The first kappa shape index (κ1) is 19.7. The van der Waals surface area contributed by atoms with Crippen LogP contribution >= 0.6 is 0 Å². The molecule has 0 radical (unpaired) electrons. The molecule has 0 fully saturated rings. The summed E-state index contributed by atoms with van der Waals surface area (Å²) in [6.45, 7) is 0.679. The number of benzene rings is 2. The molecule has 1 aromatic heterocycles. The Kier molecular flexibility index (Phi) is 6.63. The van der Waals surface area contributed by atoms with Gasteiger partial charge in [-0.3, -0.25) is 9.78 Å². The van der Waals surface area contributed by atoms with Gasteiger partial charge in [0.2, 0.25) is 0 Å². The Morgan fingerprint density at radius 3 is 2.62 bits per heavy atom. The van der Waals surface area contributed by atoms with Crippen molar-refractivity contribution in [2.75, 3.05) is 25.6 Å². The highest BCUT2D eigenvalue weighted by Gasteiger charge is 2.08. The first-order chi connectivity index (χ1) is 14.2. The van der Waals surface area contributed by atoms with Crippen molar-refractivity contribution >= 4 is 17.3 Å². The summed E-state index contributed by atoms with van der Waals surface area (Å²) in [5.41, 5.74) is 2.20. The van der Waals surface area contributed by atoms with E-state index in [-0.39, 0.29) is 5.91 Å². The zero-order valence-corrected chi connectivity index (χ0v) is 15.9. The molecule has 7 nitrogen and oxygen atoms in total. The Morgan fingerprint density at radius 2 is 1.86 bits per heavy atom. The topological polar surface area (TPSA) is 96.3 Å². The van der Waals surface area contributed by atoms with Crippen molar-refractivity contribution < 1.29 is 14.3 Å². The lowest BCUT2D eigenvalue weighted by molar-refractivity contribution is 0.0946. The van der Waals surface area contributed by atoms with E-state index in [1.165, 1.54) is 6.20 Å². The first-order valence-corrected chi connectivity index (χ1v) is 8.96. The summed E-state index contributed by atoms with van der Waals surface area (Å²) in [6.07, 6.45) is 3.08. The van der Waals surface area contributed by atoms with Gasteiger partial charge in [0.05, 0.1) is 42.4 Å². The van der Waals surface area contributed by atoms with E-state index < -0.39 is 0 Å². The van der Waals surface area contributed by atoms with Crippen LogP contribution in [0.3, 0.4) is 0 Å². The number of para-hydroxylation sites is 1. The van der Waals surface area contributed by atoms with E-state index in [1.54, 1.807) is 49.7 Å². The molecule has 0 aliphatic heterocycles. The summed E-state index contributed by atoms with van der Waals surface area (Å²) in [4.78, 5) is 16.5. The first-order valence-electron chi connectivity index (χ1n) is 8.96. The molecule has 0 aliphatic rings. The summed E-state index contributed by atoms with van der Waals surface area (Å²) in [5.74, 6) is 1.20.